The Kier molecular flexibility index (Phi) is 6.29. The highest BCUT2D eigenvalue weighted by molar-refractivity contribution is 5.98. The molecule has 6 heteroatoms. The molecular weight excluding hydrogens is 347 g/mol. The number of nitrogens with zero attached hydrogens (tertiary/aromatic N) is 2. The lowest BCUT2D eigenvalue weighted by Gasteiger charge is -2.36. The van der Waals surface area contributed by atoms with Crippen LogP contribution in [-0.4, -0.2) is 55.6 Å². The van der Waals surface area contributed by atoms with Crippen molar-refractivity contribution in [3.05, 3.63) is 53.8 Å². The number of para-hydroxylation sites is 2. The number of hydrogen-bond donors (Lipinski definition) is 1. The lowest BCUT2D eigenvalue weighted by molar-refractivity contribution is 0.0971. The highest BCUT2D eigenvalue weighted by Gasteiger charge is 2.19. The Morgan fingerprint density at radius 3 is 2.59 bits per heavy atom. The first-order valence-corrected chi connectivity index (χ1v) is 9.20. The van der Waals surface area contributed by atoms with Crippen LogP contribution in [0.3, 0.4) is 0 Å². The van der Waals surface area contributed by atoms with Gasteiger partial charge < -0.3 is 14.7 Å². The third kappa shape index (κ3) is 4.77. The molecule has 1 N–H and O–H groups in total. The molecule has 2 aromatic rings. The molecule has 144 valence electrons. The fourth-order valence-corrected chi connectivity index (χ4v) is 3.44. The van der Waals surface area contributed by atoms with Crippen LogP contribution in [0.25, 0.3) is 0 Å². The topological polar surface area (TPSA) is 53.0 Å². The quantitative estimate of drug-likeness (QED) is 0.756. The molecule has 0 bridgehead atoms. The minimum absolute atomic E-state index is 0.153. The molecule has 2 aromatic carbocycles. The number of methoxy groups -OCH3 is 1. The highest BCUT2D eigenvalue weighted by Crippen LogP contribution is 2.28. The molecule has 0 radical (unpaired) electrons. The molecule has 3 rings (SSSR count). The van der Waals surface area contributed by atoms with Crippen LogP contribution in [-0.2, 0) is 0 Å². The van der Waals surface area contributed by atoms with E-state index in [1.54, 1.807) is 7.11 Å². The van der Waals surface area contributed by atoms with Gasteiger partial charge in [-0.2, -0.15) is 0 Å². The van der Waals surface area contributed by atoms with E-state index in [2.05, 4.69) is 15.9 Å². The summed E-state index contributed by atoms with van der Waals surface area (Å²) in [6.45, 7) is 4.50. The standard InChI is InChI=1S/C21H25FN2O3/c1-27-21-7-3-2-5-18(21)24-13-11-23(12-14-24)10-4-6-19(25)17-9-8-16(22)15-20(17)26/h2-3,5,7-9,15,26H,4,6,10-14H2,1H3. The van der Waals surface area contributed by atoms with Crippen LogP contribution in [0.1, 0.15) is 23.2 Å². The Bertz CT molecular complexity index is 789. The maximum Gasteiger partial charge on any atom is 0.166 e. The molecule has 0 amide bonds. The average molecular weight is 372 g/mol. The molecule has 1 saturated heterocycles. The minimum Gasteiger partial charge on any atom is -0.507 e. The van der Waals surface area contributed by atoms with Crippen LogP contribution in [0.5, 0.6) is 11.5 Å². The van der Waals surface area contributed by atoms with Crippen molar-refractivity contribution in [2.75, 3.05) is 44.7 Å². The van der Waals surface area contributed by atoms with E-state index in [4.69, 9.17) is 4.74 Å². The van der Waals surface area contributed by atoms with E-state index < -0.39 is 5.82 Å². The van der Waals surface area contributed by atoms with Crippen LogP contribution in [0.15, 0.2) is 42.5 Å². The number of phenols is 1. The number of halogens is 1. The summed E-state index contributed by atoms with van der Waals surface area (Å²) in [5, 5.41) is 9.70. The number of Topliss-reactive ketones (excluding diaryl/α,β-unsaturated/α-hetero) is 1. The summed E-state index contributed by atoms with van der Waals surface area (Å²) in [6, 6.07) is 11.5. The zero-order valence-electron chi connectivity index (χ0n) is 15.5. The first-order chi connectivity index (χ1) is 13.1. The third-order valence-corrected chi connectivity index (χ3v) is 4.94. The number of aromatic hydroxyl groups is 1. The molecule has 0 aliphatic carbocycles. The summed E-state index contributed by atoms with van der Waals surface area (Å²) in [4.78, 5) is 16.9. The van der Waals surface area contributed by atoms with Gasteiger partial charge in [0.05, 0.1) is 18.4 Å². The van der Waals surface area contributed by atoms with Crippen molar-refractivity contribution >= 4 is 11.5 Å². The van der Waals surface area contributed by atoms with Crippen molar-refractivity contribution in [3.63, 3.8) is 0 Å². The second-order valence-corrected chi connectivity index (χ2v) is 6.69. The maximum atomic E-state index is 13.0. The Hall–Kier alpha value is -2.60. The van der Waals surface area contributed by atoms with Gasteiger partial charge in [0, 0.05) is 38.7 Å². The molecule has 1 fully saturated rings. The maximum absolute atomic E-state index is 13.0. The Morgan fingerprint density at radius 1 is 1.15 bits per heavy atom. The number of phenolic OH excluding ortho intramolecular Hbond substituents is 1. The largest absolute Gasteiger partial charge is 0.507 e. The van der Waals surface area contributed by atoms with Crippen molar-refractivity contribution < 1.29 is 19.0 Å². The first-order valence-electron chi connectivity index (χ1n) is 9.20. The Labute approximate surface area is 159 Å². The van der Waals surface area contributed by atoms with Crippen molar-refractivity contribution in [2.24, 2.45) is 0 Å². The van der Waals surface area contributed by atoms with Gasteiger partial charge in [0.25, 0.3) is 0 Å². The van der Waals surface area contributed by atoms with Gasteiger partial charge in [-0.1, -0.05) is 12.1 Å². The average Bonchev–Trinajstić information content (AvgIpc) is 2.68. The number of hydrogen-bond acceptors (Lipinski definition) is 5. The smallest absolute Gasteiger partial charge is 0.166 e. The number of ether oxygens (including phenoxy) is 1. The lowest BCUT2D eigenvalue weighted by Crippen LogP contribution is -2.46. The Morgan fingerprint density at radius 2 is 1.89 bits per heavy atom. The predicted molar refractivity (Wildman–Crippen MR) is 103 cm³/mol. The zero-order valence-corrected chi connectivity index (χ0v) is 15.5. The molecule has 0 spiro atoms. The number of rotatable bonds is 7. The molecule has 0 atom stereocenters. The van der Waals surface area contributed by atoms with E-state index in [0.717, 1.165) is 50.2 Å². The molecule has 0 saturated carbocycles. The molecule has 5 nitrogen and oxygen atoms in total. The second kappa shape index (κ2) is 8.86. The van der Waals surface area contributed by atoms with Gasteiger partial charge in [-0.15, -0.1) is 0 Å². The van der Waals surface area contributed by atoms with Gasteiger partial charge in [0.2, 0.25) is 0 Å². The predicted octanol–water partition coefficient (Wildman–Crippen LogP) is 3.33. The van der Waals surface area contributed by atoms with Crippen LogP contribution < -0.4 is 9.64 Å². The van der Waals surface area contributed by atoms with Gasteiger partial charge >= 0.3 is 0 Å². The fourth-order valence-electron chi connectivity index (χ4n) is 3.44. The first kappa shape index (κ1) is 19.2. The van der Waals surface area contributed by atoms with E-state index in [1.807, 2.05) is 18.2 Å². The molecule has 1 aliphatic rings. The van der Waals surface area contributed by atoms with Crippen molar-refractivity contribution in [2.45, 2.75) is 12.8 Å². The summed E-state index contributed by atoms with van der Waals surface area (Å²) >= 11 is 0. The van der Waals surface area contributed by atoms with Crippen molar-refractivity contribution in [1.29, 1.82) is 0 Å². The molecule has 1 heterocycles. The third-order valence-electron chi connectivity index (χ3n) is 4.94. The summed E-state index contributed by atoms with van der Waals surface area (Å²) in [7, 11) is 1.69. The highest BCUT2D eigenvalue weighted by atomic mass is 19.1. The normalized spacial score (nSPS) is 15.0. The number of piperazine rings is 1. The number of anilines is 1. The van der Waals surface area contributed by atoms with Gasteiger partial charge in [-0.25, -0.2) is 4.39 Å². The van der Waals surface area contributed by atoms with Crippen LogP contribution in [0.4, 0.5) is 10.1 Å². The fraction of sp³-hybridized carbons (Fsp3) is 0.381. The van der Waals surface area contributed by atoms with Crippen LogP contribution in [0.2, 0.25) is 0 Å². The summed E-state index contributed by atoms with van der Waals surface area (Å²) in [5.74, 6) is -0.0989. The molecule has 1 aliphatic heterocycles. The second-order valence-electron chi connectivity index (χ2n) is 6.69. The molecule has 27 heavy (non-hydrogen) atoms. The zero-order chi connectivity index (χ0) is 19.2. The van der Waals surface area contributed by atoms with Crippen molar-refractivity contribution in [3.8, 4) is 11.5 Å². The van der Waals surface area contributed by atoms with Gasteiger partial charge in [0.15, 0.2) is 5.78 Å². The summed E-state index contributed by atoms with van der Waals surface area (Å²) in [6.07, 6.45) is 1.05. The van der Waals surface area contributed by atoms with Gasteiger partial charge in [-0.3, -0.25) is 9.69 Å². The van der Waals surface area contributed by atoms with E-state index in [0.29, 0.717) is 12.8 Å². The monoisotopic (exact) mass is 372 g/mol. The number of carbonyl (C=O) groups is 1. The number of benzene rings is 2. The van der Waals surface area contributed by atoms with Crippen LogP contribution in [0, 0.1) is 5.82 Å². The molecule has 0 aromatic heterocycles. The number of carbonyl (C=O) groups excluding carboxylic acids is 1. The summed E-state index contributed by atoms with van der Waals surface area (Å²) < 4.78 is 18.5. The Balaban J connectivity index is 1.45. The van der Waals surface area contributed by atoms with Crippen LogP contribution >= 0.6 is 0 Å². The SMILES string of the molecule is COc1ccccc1N1CCN(CCCC(=O)c2ccc(F)cc2O)CC1. The number of ketones is 1. The van der Waals surface area contributed by atoms with E-state index in [-0.39, 0.29) is 17.1 Å². The molecule has 0 unspecified atom stereocenters. The summed E-state index contributed by atoms with van der Waals surface area (Å²) in [5.41, 5.74) is 1.30. The van der Waals surface area contributed by atoms with E-state index in [1.165, 1.54) is 12.1 Å². The van der Waals surface area contributed by atoms with Gasteiger partial charge in [0.1, 0.15) is 17.3 Å². The van der Waals surface area contributed by atoms with E-state index in [9.17, 15) is 14.3 Å². The van der Waals surface area contributed by atoms with E-state index >= 15 is 0 Å². The van der Waals surface area contributed by atoms with Crippen molar-refractivity contribution in [1.82, 2.24) is 4.90 Å². The minimum atomic E-state index is -0.544. The lowest BCUT2D eigenvalue weighted by atomic mass is 10.1. The van der Waals surface area contributed by atoms with Gasteiger partial charge in [-0.05, 0) is 37.2 Å². The molecular formula is C21H25FN2O3.